The zero-order valence-electron chi connectivity index (χ0n) is 10.00. The Hall–Kier alpha value is -1.01. The lowest BCUT2D eigenvalue weighted by atomic mass is 10.1. The van der Waals surface area contributed by atoms with Crippen LogP contribution >= 0.6 is 15.9 Å². The molecule has 0 N–H and O–H groups in total. The van der Waals surface area contributed by atoms with Crippen LogP contribution in [0.15, 0.2) is 22.7 Å². The van der Waals surface area contributed by atoms with Crippen LogP contribution in [0.5, 0.6) is 0 Å². The van der Waals surface area contributed by atoms with Gasteiger partial charge in [0, 0.05) is 18.1 Å². The minimum Gasteiger partial charge on any atom is -0.373 e. The van der Waals surface area contributed by atoms with E-state index in [-0.39, 0.29) is 0 Å². The van der Waals surface area contributed by atoms with Gasteiger partial charge in [-0.2, -0.15) is 5.26 Å². The fourth-order valence-corrected chi connectivity index (χ4v) is 2.26. The van der Waals surface area contributed by atoms with Crippen molar-refractivity contribution < 1.29 is 0 Å². The molecule has 0 spiro atoms. The van der Waals surface area contributed by atoms with E-state index in [0.29, 0.717) is 11.5 Å². The molecule has 1 unspecified atom stereocenters. The Balaban J connectivity index is 2.84. The fourth-order valence-electron chi connectivity index (χ4n) is 1.58. The number of benzene rings is 1. The van der Waals surface area contributed by atoms with Crippen molar-refractivity contribution in [3.05, 3.63) is 28.2 Å². The fraction of sp³-hybridized carbons (Fsp3) is 0.462. The molecule has 0 saturated carbocycles. The Labute approximate surface area is 106 Å². The topological polar surface area (TPSA) is 27.0 Å². The summed E-state index contributed by atoms with van der Waals surface area (Å²) in [6, 6.07) is 7.85. The second kappa shape index (κ2) is 5.91. The molecule has 2 nitrogen and oxygen atoms in total. The molecule has 1 atom stereocenters. The van der Waals surface area contributed by atoms with Crippen molar-refractivity contribution in [1.82, 2.24) is 0 Å². The number of hydrogen-bond acceptors (Lipinski definition) is 2. The summed E-state index contributed by atoms with van der Waals surface area (Å²) in [6.07, 6.45) is 1.18. The van der Waals surface area contributed by atoms with Gasteiger partial charge >= 0.3 is 0 Å². The molecule has 0 heterocycles. The first kappa shape index (κ1) is 13.1. The lowest BCUT2D eigenvalue weighted by Crippen LogP contribution is -2.23. The summed E-state index contributed by atoms with van der Waals surface area (Å²) in [5.74, 6) is 0.674. The van der Waals surface area contributed by atoms with Crippen LogP contribution < -0.4 is 4.90 Å². The van der Waals surface area contributed by atoms with Crippen LogP contribution in [-0.4, -0.2) is 13.6 Å². The SMILES string of the molecule is CCC(C)CN(C)c1ccc(C#N)cc1Br. The van der Waals surface area contributed by atoms with Crippen LogP contribution in [0.3, 0.4) is 0 Å². The zero-order chi connectivity index (χ0) is 12.1. The van der Waals surface area contributed by atoms with Crippen LogP contribution in [-0.2, 0) is 0 Å². The van der Waals surface area contributed by atoms with Crippen molar-refractivity contribution in [3.63, 3.8) is 0 Å². The molecule has 3 heteroatoms. The minimum absolute atomic E-state index is 0.674. The van der Waals surface area contributed by atoms with Crippen LogP contribution in [0, 0.1) is 17.2 Å². The van der Waals surface area contributed by atoms with Gasteiger partial charge in [0.25, 0.3) is 0 Å². The Morgan fingerprint density at radius 1 is 1.50 bits per heavy atom. The van der Waals surface area contributed by atoms with Crippen LogP contribution in [0.2, 0.25) is 0 Å². The van der Waals surface area contributed by atoms with E-state index in [1.165, 1.54) is 6.42 Å². The van der Waals surface area contributed by atoms with Gasteiger partial charge in [-0.25, -0.2) is 0 Å². The van der Waals surface area contributed by atoms with Gasteiger partial charge in [0.05, 0.1) is 17.3 Å². The van der Waals surface area contributed by atoms with Crippen molar-refractivity contribution in [2.24, 2.45) is 5.92 Å². The lowest BCUT2D eigenvalue weighted by molar-refractivity contribution is 0.559. The number of hydrogen-bond donors (Lipinski definition) is 0. The van der Waals surface area contributed by atoms with Crippen molar-refractivity contribution in [2.45, 2.75) is 20.3 Å². The van der Waals surface area contributed by atoms with Gasteiger partial charge in [-0.1, -0.05) is 20.3 Å². The molecule has 1 aromatic rings. The highest BCUT2D eigenvalue weighted by atomic mass is 79.9. The molecule has 0 amide bonds. The number of halogens is 1. The first-order chi connectivity index (χ1) is 7.58. The van der Waals surface area contributed by atoms with E-state index in [2.05, 4.69) is 47.8 Å². The summed E-state index contributed by atoms with van der Waals surface area (Å²) in [4.78, 5) is 2.22. The van der Waals surface area contributed by atoms with E-state index in [1.807, 2.05) is 18.2 Å². The number of nitriles is 1. The Morgan fingerprint density at radius 2 is 2.19 bits per heavy atom. The summed E-state index contributed by atoms with van der Waals surface area (Å²) in [5.41, 5.74) is 1.83. The lowest BCUT2D eigenvalue weighted by Gasteiger charge is -2.24. The number of rotatable bonds is 4. The number of nitrogens with zero attached hydrogens (tertiary/aromatic N) is 2. The molecule has 0 aliphatic rings. The number of anilines is 1. The highest BCUT2D eigenvalue weighted by molar-refractivity contribution is 9.10. The Bertz CT molecular complexity index is 395. The van der Waals surface area contributed by atoms with Crippen molar-refractivity contribution in [3.8, 4) is 6.07 Å². The molecule has 1 rings (SSSR count). The third-order valence-electron chi connectivity index (χ3n) is 2.77. The Morgan fingerprint density at radius 3 is 2.69 bits per heavy atom. The van der Waals surface area contributed by atoms with Gasteiger partial charge in [0.15, 0.2) is 0 Å². The smallest absolute Gasteiger partial charge is 0.0992 e. The average molecular weight is 281 g/mol. The molecule has 0 bridgehead atoms. The van der Waals surface area contributed by atoms with Crippen molar-refractivity contribution >= 4 is 21.6 Å². The second-order valence-electron chi connectivity index (χ2n) is 4.17. The second-order valence-corrected chi connectivity index (χ2v) is 5.03. The van der Waals surface area contributed by atoms with Gasteiger partial charge in [-0.3, -0.25) is 0 Å². The first-order valence-corrected chi connectivity index (χ1v) is 6.28. The Kier molecular flexibility index (Phi) is 4.82. The molecule has 0 radical (unpaired) electrons. The van der Waals surface area contributed by atoms with Crippen LogP contribution in [0.25, 0.3) is 0 Å². The molecule has 16 heavy (non-hydrogen) atoms. The largest absolute Gasteiger partial charge is 0.373 e. The predicted octanol–water partition coefficient (Wildman–Crippen LogP) is 3.80. The van der Waals surface area contributed by atoms with E-state index in [9.17, 15) is 0 Å². The van der Waals surface area contributed by atoms with Gasteiger partial charge in [-0.05, 0) is 40.0 Å². The van der Waals surface area contributed by atoms with E-state index in [4.69, 9.17) is 5.26 Å². The zero-order valence-corrected chi connectivity index (χ0v) is 11.6. The normalized spacial score (nSPS) is 11.9. The third-order valence-corrected chi connectivity index (χ3v) is 3.41. The van der Waals surface area contributed by atoms with Crippen molar-refractivity contribution in [2.75, 3.05) is 18.5 Å². The average Bonchev–Trinajstić information content (AvgIpc) is 2.28. The summed E-state index contributed by atoms with van der Waals surface area (Å²) >= 11 is 3.51. The molecule has 1 aromatic carbocycles. The summed E-state index contributed by atoms with van der Waals surface area (Å²) < 4.78 is 0.984. The highest BCUT2D eigenvalue weighted by Crippen LogP contribution is 2.27. The standard InChI is InChI=1S/C13H17BrN2/c1-4-10(2)9-16(3)13-6-5-11(8-15)7-12(13)14/h5-7,10H,4,9H2,1-3H3. The van der Waals surface area contributed by atoms with Crippen molar-refractivity contribution in [1.29, 1.82) is 5.26 Å². The maximum absolute atomic E-state index is 8.79. The molecule has 0 aliphatic carbocycles. The minimum atomic E-state index is 0.674. The first-order valence-electron chi connectivity index (χ1n) is 5.49. The molecular weight excluding hydrogens is 264 g/mol. The van der Waals surface area contributed by atoms with Crippen LogP contribution in [0.1, 0.15) is 25.8 Å². The van der Waals surface area contributed by atoms with Gasteiger partial charge in [0.2, 0.25) is 0 Å². The monoisotopic (exact) mass is 280 g/mol. The van der Waals surface area contributed by atoms with E-state index in [1.54, 1.807) is 0 Å². The molecule has 0 saturated heterocycles. The molecule has 0 fully saturated rings. The van der Waals surface area contributed by atoms with E-state index < -0.39 is 0 Å². The predicted molar refractivity (Wildman–Crippen MR) is 71.6 cm³/mol. The molecule has 86 valence electrons. The molecule has 0 aliphatic heterocycles. The summed E-state index contributed by atoms with van der Waals surface area (Å²) in [7, 11) is 2.08. The van der Waals surface area contributed by atoms with E-state index >= 15 is 0 Å². The summed E-state index contributed by atoms with van der Waals surface area (Å²) in [5, 5.41) is 8.79. The summed E-state index contributed by atoms with van der Waals surface area (Å²) in [6.45, 7) is 5.47. The maximum Gasteiger partial charge on any atom is 0.0992 e. The quantitative estimate of drug-likeness (QED) is 0.839. The highest BCUT2D eigenvalue weighted by Gasteiger charge is 2.09. The van der Waals surface area contributed by atoms with Gasteiger partial charge in [0.1, 0.15) is 0 Å². The molecular formula is C13H17BrN2. The van der Waals surface area contributed by atoms with Gasteiger partial charge < -0.3 is 4.90 Å². The maximum atomic E-state index is 8.79. The third kappa shape index (κ3) is 3.24. The van der Waals surface area contributed by atoms with Gasteiger partial charge in [-0.15, -0.1) is 0 Å². The van der Waals surface area contributed by atoms with E-state index in [0.717, 1.165) is 16.7 Å². The molecule has 0 aromatic heterocycles. The van der Waals surface area contributed by atoms with Crippen LogP contribution in [0.4, 0.5) is 5.69 Å².